The predicted molar refractivity (Wildman–Crippen MR) is 89.9 cm³/mol. The van der Waals surface area contributed by atoms with Crippen molar-refractivity contribution >= 4 is 0 Å². The number of aryl methyl sites for hydroxylation is 2. The summed E-state index contributed by atoms with van der Waals surface area (Å²) in [7, 11) is 0. The van der Waals surface area contributed by atoms with E-state index < -0.39 is 5.60 Å². The zero-order valence-corrected chi connectivity index (χ0v) is 12.8. The van der Waals surface area contributed by atoms with E-state index >= 15 is 0 Å². The third-order valence-corrected chi connectivity index (χ3v) is 4.85. The Morgan fingerprint density at radius 1 is 0.682 bits per heavy atom. The van der Waals surface area contributed by atoms with Crippen LogP contribution in [0.2, 0.25) is 0 Å². The number of hydrogen-bond donors (Lipinski definition) is 1. The summed E-state index contributed by atoms with van der Waals surface area (Å²) in [5, 5.41) is 11.7. The molecule has 1 N–H and O–H groups in total. The van der Waals surface area contributed by atoms with Crippen LogP contribution in [0.3, 0.4) is 0 Å². The molecule has 0 aliphatic heterocycles. The second-order valence-electron chi connectivity index (χ2n) is 6.10. The quantitative estimate of drug-likeness (QED) is 0.695. The third-order valence-electron chi connectivity index (χ3n) is 4.85. The van der Waals surface area contributed by atoms with Crippen molar-refractivity contribution in [3.8, 4) is 11.1 Å². The Balaban J connectivity index is 2.06. The van der Waals surface area contributed by atoms with E-state index in [9.17, 15) is 5.11 Å². The summed E-state index contributed by atoms with van der Waals surface area (Å²) in [4.78, 5) is 0. The van der Waals surface area contributed by atoms with Gasteiger partial charge in [-0.15, -0.1) is 0 Å². The molecule has 1 nitrogen and oxygen atoms in total. The standard InChI is InChI=1S/C21H18O/c1-14-11-12-16(13-15(14)2)21(22)19-9-5-3-7-17(19)18-8-4-6-10-20(18)21/h3-13,22H,1-2H3. The van der Waals surface area contributed by atoms with Gasteiger partial charge in [-0.3, -0.25) is 0 Å². The van der Waals surface area contributed by atoms with Gasteiger partial charge in [0.2, 0.25) is 0 Å². The smallest absolute Gasteiger partial charge is 0.141 e. The molecule has 0 aromatic heterocycles. The highest BCUT2D eigenvalue weighted by atomic mass is 16.3. The maximum Gasteiger partial charge on any atom is 0.141 e. The topological polar surface area (TPSA) is 20.2 Å². The first kappa shape index (κ1) is 13.3. The molecule has 4 rings (SSSR count). The Kier molecular flexibility index (Phi) is 2.75. The van der Waals surface area contributed by atoms with E-state index in [-0.39, 0.29) is 0 Å². The number of rotatable bonds is 1. The highest BCUT2D eigenvalue weighted by Gasteiger charge is 2.42. The summed E-state index contributed by atoms with van der Waals surface area (Å²) in [5.41, 5.74) is 6.51. The van der Waals surface area contributed by atoms with E-state index in [0.717, 1.165) is 27.8 Å². The molecule has 0 atom stereocenters. The molecule has 0 heterocycles. The van der Waals surface area contributed by atoms with Gasteiger partial charge < -0.3 is 5.11 Å². The highest BCUT2D eigenvalue weighted by Crippen LogP contribution is 2.50. The molecule has 1 heteroatoms. The fraction of sp³-hybridized carbons (Fsp3) is 0.143. The molecule has 0 bridgehead atoms. The molecular formula is C21H18O. The van der Waals surface area contributed by atoms with E-state index in [2.05, 4.69) is 38.1 Å². The normalized spacial score (nSPS) is 14.5. The van der Waals surface area contributed by atoms with Crippen LogP contribution < -0.4 is 0 Å². The summed E-state index contributed by atoms with van der Waals surface area (Å²) in [6.45, 7) is 4.19. The molecule has 0 saturated heterocycles. The zero-order valence-electron chi connectivity index (χ0n) is 12.8. The lowest BCUT2D eigenvalue weighted by Gasteiger charge is -2.27. The highest BCUT2D eigenvalue weighted by molar-refractivity contribution is 5.82. The van der Waals surface area contributed by atoms with Crippen LogP contribution in [-0.2, 0) is 5.60 Å². The van der Waals surface area contributed by atoms with Gasteiger partial charge in [-0.2, -0.15) is 0 Å². The second-order valence-corrected chi connectivity index (χ2v) is 6.10. The minimum Gasteiger partial charge on any atom is -0.376 e. The van der Waals surface area contributed by atoms with E-state index in [4.69, 9.17) is 0 Å². The lowest BCUT2D eigenvalue weighted by Crippen LogP contribution is -2.26. The van der Waals surface area contributed by atoms with Crippen LogP contribution in [0.25, 0.3) is 11.1 Å². The van der Waals surface area contributed by atoms with Gasteiger partial charge in [0, 0.05) is 11.1 Å². The SMILES string of the molecule is Cc1ccc(C2(O)c3ccccc3-c3ccccc32)cc1C. The van der Waals surface area contributed by atoms with Crippen LogP contribution in [0.5, 0.6) is 0 Å². The van der Waals surface area contributed by atoms with Gasteiger partial charge >= 0.3 is 0 Å². The first-order valence-electron chi connectivity index (χ1n) is 7.62. The van der Waals surface area contributed by atoms with Gasteiger partial charge in [0.15, 0.2) is 0 Å². The zero-order chi connectivity index (χ0) is 15.3. The number of aliphatic hydroxyl groups is 1. The molecule has 0 fully saturated rings. The average molecular weight is 286 g/mol. The van der Waals surface area contributed by atoms with E-state index in [1.807, 2.05) is 42.5 Å². The molecule has 108 valence electrons. The van der Waals surface area contributed by atoms with Gasteiger partial charge in [-0.1, -0.05) is 66.7 Å². The van der Waals surface area contributed by atoms with Crippen molar-refractivity contribution < 1.29 is 5.11 Å². The van der Waals surface area contributed by atoms with Crippen molar-refractivity contribution in [1.29, 1.82) is 0 Å². The molecule has 0 spiro atoms. The molecule has 1 aliphatic carbocycles. The summed E-state index contributed by atoms with van der Waals surface area (Å²) in [5.74, 6) is 0. The second kappa shape index (κ2) is 4.56. The molecule has 22 heavy (non-hydrogen) atoms. The average Bonchev–Trinajstić information content (AvgIpc) is 2.82. The molecule has 1 aliphatic rings. The minimum atomic E-state index is -1.06. The monoisotopic (exact) mass is 286 g/mol. The fourth-order valence-corrected chi connectivity index (χ4v) is 3.49. The van der Waals surface area contributed by atoms with Crippen molar-refractivity contribution in [2.45, 2.75) is 19.4 Å². The largest absolute Gasteiger partial charge is 0.376 e. The van der Waals surface area contributed by atoms with E-state index in [1.165, 1.54) is 11.1 Å². The van der Waals surface area contributed by atoms with Crippen molar-refractivity contribution in [3.05, 3.63) is 94.5 Å². The van der Waals surface area contributed by atoms with Crippen molar-refractivity contribution in [3.63, 3.8) is 0 Å². The number of fused-ring (bicyclic) bond motifs is 3. The van der Waals surface area contributed by atoms with E-state index in [1.54, 1.807) is 0 Å². The molecule has 0 unspecified atom stereocenters. The summed E-state index contributed by atoms with van der Waals surface area (Å²) >= 11 is 0. The Labute approximate surface area is 130 Å². The lowest BCUT2D eigenvalue weighted by atomic mass is 9.83. The van der Waals surface area contributed by atoms with Crippen LogP contribution in [0, 0.1) is 13.8 Å². The van der Waals surface area contributed by atoms with E-state index in [0.29, 0.717) is 0 Å². The summed E-state index contributed by atoms with van der Waals surface area (Å²) < 4.78 is 0. The molecule has 0 amide bonds. The molecule has 0 saturated carbocycles. The first-order chi connectivity index (χ1) is 10.6. The number of hydrogen-bond acceptors (Lipinski definition) is 1. The Bertz CT molecular complexity index is 831. The maximum absolute atomic E-state index is 11.7. The lowest BCUT2D eigenvalue weighted by molar-refractivity contribution is 0.130. The number of benzene rings is 3. The molecular weight excluding hydrogens is 268 g/mol. The van der Waals surface area contributed by atoms with Gasteiger partial charge in [0.1, 0.15) is 5.60 Å². The Morgan fingerprint density at radius 3 is 1.77 bits per heavy atom. The van der Waals surface area contributed by atoms with Crippen molar-refractivity contribution in [2.24, 2.45) is 0 Å². The maximum atomic E-state index is 11.7. The van der Waals surface area contributed by atoms with Crippen molar-refractivity contribution in [2.75, 3.05) is 0 Å². The minimum absolute atomic E-state index is 0.938. The predicted octanol–water partition coefficient (Wildman–Crippen LogP) is 4.57. The van der Waals surface area contributed by atoms with Gasteiger partial charge in [0.25, 0.3) is 0 Å². The third kappa shape index (κ3) is 1.63. The first-order valence-corrected chi connectivity index (χ1v) is 7.62. The van der Waals surface area contributed by atoms with Crippen LogP contribution in [-0.4, -0.2) is 5.11 Å². The van der Waals surface area contributed by atoms with Crippen LogP contribution in [0.1, 0.15) is 27.8 Å². The van der Waals surface area contributed by atoms with Gasteiger partial charge in [-0.25, -0.2) is 0 Å². The Morgan fingerprint density at radius 2 is 1.23 bits per heavy atom. The molecule has 0 radical (unpaired) electrons. The summed E-state index contributed by atoms with van der Waals surface area (Å²) in [6.07, 6.45) is 0. The van der Waals surface area contributed by atoms with Crippen LogP contribution in [0.4, 0.5) is 0 Å². The van der Waals surface area contributed by atoms with Gasteiger partial charge in [0.05, 0.1) is 0 Å². The Hall–Kier alpha value is -2.38. The van der Waals surface area contributed by atoms with Gasteiger partial charge in [-0.05, 0) is 41.7 Å². The fourth-order valence-electron chi connectivity index (χ4n) is 3.49. The van der Waals surface area contributed by atoms with Crippen LogP contribution >= 0.6 is 0 Å². The molecule has 3 aromatic rings. The van der Waals surface area contributed by atoms with Crippen molar-refractivity contribution in [1.82, 2.24) is 0 Å². The van der Waals surface area contributed by atoms with Crippen LogP contribution in [0.15, 0.2) is 66.7 Å². The molecule has 3 aromatic carbocycles. The summed E-state index contributed by atoms with van der Waals surface area (Å²) in [6, 6.07) is 22.5.